The number of nitrogens with two attached hydrogens (primary N) is 1. The second-order valence-electron chi connectivity index (χ2n) is 4.19. The molecular weight excluding hydrogens is 194 g/mol. The molecule has 0 aliphatic rings. The van der Waals surface area contributed by atoms with Gasteiger partial charge < -0.3 is 21.1 Å². The molecule has 0 spiro atoms. The molecule has 0 amide bonds. The Balaban J connectivity index is 4.16. The van der Waals surface area contributed by atoms with Crippen molar-refractivity contribution in [3.05, 3.63) is 0 Å². The smallest absolute Gasteiger partial charge is 0.0431 e. The Bertz CT molecular complexity index is 120. The van der Waals surface area contributed by atoms with Crippen LogP contribution in [0.5, 0.6) is 0 Å². The van der Waals surface area contributed by atoms with Crippen LogP contribution in [-0.2, 0) is 0 Å². The van der Waals surface area contributed by atoms with Crippen molar-refractivity contribution < 1.29 is 15.3 Å². The maximum Gasteiger partial charge on any atom is 0.0431 e. The van der Waals surface area contributed by atoms with Crippen molar-refractivity contribution in [3.63, 3.8) is 0 Å². The van der Waals surface area contributed by atoms with Crippen molar-refractivity contribution in [3.8, 4) is 0 Å². The van der Waals surface area contributed by atoms with E-state index in [2.05, 4.69) is 0 Å². The predicted octanol–water partition coefficient (Wildman–Crippen LogP) is 0.249. The third kappa shape index (κ3) is 6.10. The fourth-order valence-corrected chi connectivity index (χ4v) is 2.04. The van der Waals surface area contributed by atoms with Crippen molar-refractivity contribution in [1.82, 2.24) is 0 Å². The molecule has 4 heteroatoms. The first-order valence-corrected chi connectivity index (χ1v) is 5.77. The van der Waals surface area contributed by atoms with Crippen LogP contribution in [0.1, 0.15) is 38.5 Å². The van der Waals surface area contributed by atoms with Gasteiger partial charge in [-0.2, -0.15) is 0 Å². The molecule has 0 saturated carbocycles. The molecule has 0 aromatic heterocycles. The zero-order chi connectivity index (χ0) is 11.6. The van der Waals surface area contributed by atoms with E-state index in [9.17, 15) is 0 Å². The number of aliphatic hydroxyl groups excluding tert-OH is 3. The SMILES string of the molecule is NCC(CCCO)(CCCO)CCCO. The molecule has 15 heavy (non-hydrogen) atoms. The Morgan fingerprint density at radius 2 is 1.07 bits per heavy atom. The lowest BCUT2D eigenvalue weighted by atomic mass is 9.75. The zero-order valence-corrected chi connectivity index (χ0v) is 9.49. The van der Waals surface area contributed by atoms with Gasteiger partial charge in [0.2, 0.25) is 0 Å². The molecule has 0 rings (SSSR count). The molecule has 0 heterocycles. The Labute approximate surface area is 92.1 Å². The minimum atomic E-state index is -0.00576. The summed E-state index contributed by atoms with van der Waals surface area (Å²) in [5, 5.41) is 26.5. The van der Waals surface area contributed by atoms with Crippen LogP contribution >= 0.6 is 0 Å². The van der Waals surface area contributed by atoms with Crippen molar-refractivity contribution in [2.24, 2.45) is 11.1 Å². The molecule has 92 valence electrons. The van der Waals surface area contributed by atoms with Crippen LogP contribution in [0, 0.1) is 5.41 Å². The largest absolute Gasteiger partial charge is 0.396 e. The first-order chi connectivity index (χ1) is 7.24. The van der Waals surface area contributed by atoms with Gasteiger partial charge in [-0.25, -0.2) is 0 Å². The molecule has 0 saturated heterocycles. The monoisotopic (exact) mass is 219 g/mol. The molecule has 0 fully saturated rings. The van der Waals surface area contributed by atoms with E-state index >= 15 is 0 Å². The number of hydrogen-bond acceptors (Lipinski definition) is 4. The van der Waals surface area contributed by atoms with Crippen molar-refractivity contribution in [1.29, 1.82) is 0 Å². The van der Waals surface area contributed by atoms with Gasteiger partial charge in [0.15, 0.2) is 0 Å². The maximum atomic E-state index is 8.84. The van der Waals surface area contributed by atoms with Gasteiger partial charge in [0.1, 0.15) is 0 Å². The van der Waals surface area contributed by atoms with E-state index < -0.39 is 0 Å². The van der Waals surface area contributed by atoms with Gasteiger partial charge in [0.25, 0.3) is 0 Å². The lowest BCUT2D eigenvalue weighted by molar-refractivity contribution is 0.155. The highest BCUT2D eigenvalue weighted by atomic mass is 16.3. The van der Waals surface area contributed by atoms with E-state index in [0.29, 0.717) is 6.54 Å². The highest BCUT2D eigenvalue weighted by Crippen LogP contribution is 2.33. The van der Waals surface area contributed by atoms with Crippen LogP contribution < -0.4 is 5.73 Å². The molecule has 0 atom stereocenters. The molecule has 0 aromatic carbocycles. The van der Waals surface area contributed by atoms with Gasteiger partial charge in [0, 0.05) is 19.8 Å². The second-order valence-corrected chi connectivity index (χ2v) is 4.19. The van der Waals surface area contributed by atoms with E-state index in [-0.39, 0.29) is 25.2 Å². The van der Waals surface area contributed by atoms with Crippen molar-refractivity contribution >= 4 is 0 Å². The summed E-state index contributed by atoms with van der Waals surface area (Å²) in [5.41, 5.74) is 5.78. The fraction of sp³-hybridized carbons (Fsp3) is 1.00. The molecule has 0 bridgehead atoms. The summed E-state index contributed by atoms with van der Waals surface area (Å²) in [6.45, 7) is 1.10. The third-order valence-corrected chi connectivity index (χ3v) is 3.03. The quantitative estimate of drug-likeness (QED) is 0.424. The van der Waals surface area contributed by atoms with Crippen LogP contribution in [0.15, 0.2) is 0 Å². The van der Waals surface area contributed by atoms with Gasteiger partial charge in [-0.15, -0.1) is 0 Å². The Morgan fingerprint density at radius 3 is 1.27 bits per heavy atom. The second kappa shape index (κ2) is 9.09. The van der Waals surface area contributed by atoms with E-state index in [4.69, 9.17) is 21.1 Å². The maximum absolute atomic E-state index is 8.84. The van der Waals surface area contributed by atoms with Crippen LogP contribution in [0.25, 0.3) is 0 Å². The standard InChI is InChI=1S/C11H25NO3/c12-10-11(4-1-7-13,5-2-8-14)6-3-9-15/h13-15H,1-10,12H2. The Morgan fingerprint density at radius 1 is 0.733 bits per heavy atom. The third-order valence-electron chi connectivity index (χ3n) is 3.03. The van der Waals surface area contributed by atoms with Gasteiger partial charge in [-0.1, -0.05) is 0 Å². The molecular formula is C11H25NO3. The van der Waals surface area contributed by atoms with Gasteiger partial charge >= 0.3 is 0 Å². The van der Waals surface area contributed by atoms with Crippen LogP contribution in [0.3, 0.4) is 0 Å². The average molecular weight is 219 g/mol. The molecule has 0 unspecified atom stereocenters. The number of hydrogen-bond donors (Lipinski definition) is 4. The zero-order valence-electron chi connectivity index (χ0n) is 9.49. The highest BCUT2D eigenvalue weighted by Gasteiger charge is 2.26. The number of aliphatic hydroxyl groups is 3. The predicted molar refractivity (Wildman–Crippen MR) is 60.4 cm³/mol. The molecule has 0 aliphatic carbocycles. The van der Waals surface area contributed by atoms with Crippen LogP contribution in [-0.4, -0.2) is 41.7 Å². The fourth-order valence-electron chi connectivity index (χ4n) is 2.04. The molecule has 0 radical (unpaired) electrons. The first kappa shape index (κ1) is 14.8. The minimum Gasteiger partial charge on any atom is -0.396 e. The lowest BCUT2D eigenvalue weighted by Crippen LogP contribution is -2.31. The summed E-state index contributed by atoms with van der Waals surface area (Å²) in [6, 6.07) is 0. The Hall–Kier alpha value is -0.160. The van der Waals surface area contributed by atoms with Gasteiger partial charge in [0.05, 0.1) is 0 Å². The van der Waals surface area contributed by atoms with E-state index in [1.807, 2.05) is 0 Å². The highest BCUT2D eigenvalue weighted by molar-refractivity contribution is 4.80. The summed E-state index contributed by atoms with van der Waals surface area (Å²) in [6.07, 6.45) is 4.86. The first-order valence-electron chi connectivity index (χ1n) is 5.77. The van der Waals surface area contributed by atoms with E-state index in [0.717, 1.165) is 38.5 Å². The summed E-state index contributed by atoms with van der Waals surface area (Å²) in [5.74, 6) is 0. The molecule has 4 nitrogen and oxygen atoms in total. The van der Waals surface area contributed by atoms with E-state index in [1.165, 1.54) is 0 Å². The van der Waals surface area contributed by atoms with Crippen molar-refractivity contribution in [2.75, 3.05) is 26.4 Å². The van der Waals surface area contributed by atoms with Crippen LogP contribution in [0.4, 0.5) is 0 Å². The molecule has 5 N–H and O–H groups in total. The summed E-state index contributed by atoms with van der Waals surface area (Å²) >= 11 is 0. The van der Waals surface area contributed by atoms with E-state index in [1.54, 1.807) is 0 Å². The topological polar surface area (TPSA) is 86.7 Å². The minimum absolute atomic E-state index is 0.00576. The average Bonchev–Trinajstić information content (AvgIpc) is 2.29. The van der Waals surface area contributed by atoms with Gasteiger partial charge in [-0.3, -0.25) is 0 Å². The summed E-state index contributed by atoms with van der Waals surface area (Å²) in [4.78, 5) is 0. The van der Waals surface area contributed by atoms with Crippen LogP contribution in [0.2, 0.25) is 0 Å². The summed E-state index contributed by atoms with van der Waals surface area (Å²) < 4.78 is 0. The lowest BCUT2D eigenvalue weighted by Gasteiger charge is -2.32. The molecule has 0 aromatic rings. The van der Waals surface area contributed by atoms with Gasteiger partial charge in [-0.05, 0) is 50.5 Å². The Kier molecular flexibility index (Phi) is 9.00. The number of rotatable bonds is 10. The normalized spacial score (nSPS) is 12.0. The summed E-state index contributed by atoms with van der Waals surface area (Å²) in [7, 11) is 0. The van der Waals surface area contributed by atoms with Crippen molar-refractivity contribution in [2.45, 2.75) is 38.5 Å². The molecule has 0 aliphatic heterocycles.